The number of nitrogens with zero attached hydrogens (tertiary/aromatic N) is 4. The molecule has 0 aliphatic carbocycles. The van der Waals surface area contributed by atoms with Gasteiger partial charge in [0.1, 0.15) is 0 Å². The number of hydrogen-bond donors (Lipinski definition) is 2. The summed E-state index contributed by atoms with van der Waals surface area (Å²) in [5.41, 5.74) is 0. The lowest BCUT2D eigenvalue weighted by molar-refractivity contribution is 0.107. The number of hydrogen-bond acceptors (Lipinski definition) is 5. The van der Waals surface area contributed by atoms with Gasteiger partial charge in [-0.2, -0.15) is 0 Å². The molecule has 148 valence electrons. The molecule has 0 bridgehead atoms. The number of likely N-dealkylation sites (N-methyl/N-ethyl adjacent to an activating group) is 2. The van der Waals surface area contributed by atoms with E-state index >= 15 is 0 Å². The van der Waals surface area contributed by atoms with Crippen LogP contribution in [0.15, 0.2) is 4.99 Å². The zero-order valence-electron chi connectivity index (χ0n) is 17.1. The zero-order valence-corrected chi connectivity index (χ0v) is 17.1. The van der Waals surface area contributed by atoms with Crippen molar-refractivity contribution in [1.29, 1.82) is 0 Å². The fraction of sp³-hybridized carbons (Fsp3) is 0.944. The first-order valence-corrected chi connectivity index (χ1v) is 9.69. The van der Waals surface area contributed by atoms with Crippen molar-refractivity contribution in [2.24, 2.45) is 4.99 Å². The lowest BCUT2D eigenvalue weighted by Crippen LogP contribution is -2.53. The van der Waals surface area contributed by atoms with Crippen molar-refractivity contribution in [2.75, 3.05) is 86.7 Å². The van der Waals surface area contributed by atoms with Crippen LogP contribution >= 0.6 is 0 Å². The second kappa shape index (κ2) is 13.3. The molecule has 0 radical (unpaired) electrons. The highest BCUT2D eigenvalue weighted by molar-refractivity contribution is 5.79. The van der Waals surface area contributed by atoms with Crippen LogP contribution in [0.3, 0.4) is 0 Å². The Morgan fingerprint density at radius 1 is 1.20 bits per heavy atom. The zero-order chi connectivity index (χ0) is 18.5. The van der Waals surface area contributed by atoms with E-state index in [0.29, 0.717) is 6.04 Å². The Balaban J connectivity index is 2.17. The molecule has 1 aliphatic heterocycles. The second-order valence-corrected chi connectivity index (χ2v) is 6.85. The van der Waals surface area contributed by atoms with Crippen molar-refractivity contribution in [2.45, 2.75) is 26.3 Å². The van der Waals surface area contributed by atoms with Gasteiger partial charge in [-0.1, -0.05) is 6.92 Å². The molecule has 1 atom stereocenters. The molecule has 0 aromatic heterocycles. The summed E-state index contributed by atoms with van der Waals surface area (Å²) in [4.78, 5) is 11.7. The van der Waals surface area contributed by atoms with E-state index in [4.69, 9.17) is 4.74 Å². The number of ether oxygens (including phenoxy) is 1. The third-order valence-electron chi connectivity index (χ3n) is 4.94. The minimum absolute atomic E-state index is 0.522. The number of rotatable bonds is 11. The van der Waals surface area contributed by atoms with Crippen LogP contribution in [0.1, 0.15) is 20.3 Å². The standard InChI is InChI=1S/C18H40N6O/c1-6-23-11-13-24(14-12-23)17(2)16-21-18(19-3)20-8-10-22(4)9-7-15-25-5/h17H,6-16H2,1-5H3,(H2,19,20,21). The summed E-state index contributed by atoms with van der Waals surface area (Å²) >= 11 is 0. The lowest BCUT2D eigenvalue weighted by Gasteiger charge is -2.37. The summed E-state index contributed by atoms with van der Waals surface area (Å²) in [5.74, 6) is 0.893. The number of methoxy groups -OCH3 is 1. The van der Waals surface area contributed by atoms with Crippen molar-refractivity contribution < 1.29 is 4.74 Å². The number of nitrogens with one attached hydrogen (secondary N) is 2. The Morgan fingerprint density at radius 3 is 2.52 bits per heavy atom. The van der Waals surface area contributed by atoms with Crippen LogP contribution in [0, 0.1) is 0 Å². The molecule has 0 aromatic rings. The summed E-state index contributed by atoms with van der Waals surface area (Å²) in [7, 11) is 5.73. The van der Waals surface area contributed by atoms with Gasteiger partial charge in [0.05, 0.1) is 0 Å². The summed E-state index contributed by atoms with van der Waals surface area (Å²) in [6, 6.07) is 0.522. The van der Waals surface area contributed by atoms with E-state index in [0.717, 1.165) is 64.8 Å². The van der Waals surface area contributed by atoms with Gasteiger partial charge >= 0.3 is 0 Å². The van der Waals surface area contributed by atoms with Gasteiger partial charge in [-0.3, -0.25) is 9.89 Å². The van der Waals surface area contributed by atoms with Gasteiger partial charge in [-0.15, -0.1) is 0 Å². The van der Waals surface area contributed by atoms with E-state index in [2.05, 4.69) is 51.2 Å². The van der Waals surface area contributed by atoms with Crippen LogP contribution in [0.4, 0.5) is 0 Å². The Morgan fingerprint density at radius 2 is 1.92 bits per heavy atom. The second-order valence-electron chi connectivity index (χ2n) is 6.85. The van der Waals surface area contributed by atoms with Crippen LogP contribution in [-0.2, 0) is 4.74 Å². The highest BCUT2D eigenvalue weighted by atomic mass is 16.5. The smallest absolute Gasteiger partial charge is 0.191 e. The van der Waals surface area contributed by atoms with E-state index in [9.17, 15) is 0 Å². The summed E-state index contributed by atoms with van der Waals surface area (Å²) in [6.07, 6.45) is 1.07. The van der Waals surface area contributed by atoms with Gasteiger partial charge in [-0.25, -0.2) is 0 Å². The maximum Gasteiger partial charge on any atom is 0.191 e. The molecule has 25 heavy (non-hydrogen) atoms. The first-order chi connectivity index (χ1) is 12.1. The van der Waals surface area contributed by atoms with Gasteiger partial charge in [0.15, 0.2) is 5.96 Å². The molecule has 0 amide bonds. The van der Waals surface area contributed by atoms with E-state index < -0.39 is 0 Å². The average molecular weight is 357 g/mol. The molecule has 1 unspecified atom stereocenters. The molecular weight excluding hydrogens is 316 g/mol. The SMILES string of the molecule is CCN1CCN(C(C)CNC(=NC)NCCN(C)CCCOC)CC1. The van der Waals surface area contributed by atoms with Crippen LogP contribution in [0.2, 0.25) is 0 Å². The molecule has 1 rings (SSSR count). The van der Waals surface area contributed by atoms with Gasteiger partial charge in [0.2, 0.25) is 0 Å². The Hall–Kier alpha value is -0.890. The monoisotopic (exact) mass is 356 g/mol. The third kappa shape index (κ3) is 9.39. The predicted octanol–water partition coefficient (Wildman–Crippen LogP) is 0.146. The van der Waals surface area contributed by atoms with Crippen molar-refractivity contribution in [1.82, 2.24) is 25.3 Å². The Kier molecular flexibility index (Phi) is 11.8. The van der Waals surface area contributed by atoms with Crippen molar-refractivity contribution in [3.8, 4) is 0 Å². The minimum atomic E-state index is 0.522. The molecule has 1 heterocycles. The molecule has 1 aliphatic rings. The lowest BCUT2D eigenvalue weighted by atomic mass is 10.2. The fourth-order valence-electron chi connectivity index (χ4n) is 3.07. The minimum Gasteiger partial charge on any atom is -0.385 e. The number of guanidine groups is 1. The molecule has 2 N–H and O–H groups in total. The predicted molar refractivity (Wildman–Crippen MR) is 107 cm³/mol. The van der Waals surface area contributed by atoms with E-state index in [1.807, 2.05) is 7.05 Å². The van der Waals surface area contributed by atoms with Crippen LogP contribution in [0.25, 0.3) is 0 Å². The van der Waals surface area contributed by atoms with Gasteiger partial charge in [-0.05, 0) is 26.9 Å². The van der Waals surface area contributed by atoms with Gasteiger partial charge in [0.25, 0.3) is 0 Å². The largest absolute Gasteiger partial charge is 0.385 e. The van der Waals surface area contributed by atoms with Gasteiger partial charge < -0.3 is 25.2 Å². The van der Waals surface area contributed by atoms with Crippen molar-refractivity contribution in [3.63, 3.8) is 0 Å². The van der Waals surface area contributed by atoms with Crippen LogP contribution in [0.5, 0.6) is 0 Å². The molecular formula is C18H40N6O. The quantitative estimate of drug-likeness (QED) is 0.312. The van der Waals surface area contributed by atoms with E-state index in [1.54, 1.807) is 7.11 Å². The molecule has 0 saturated carbocycles. The van der Waals surface area contributed by atoms with Crippen LogP contribution < -0.4 is 10.6 Å². The molecule has 0 spiro atoms. The van der Waals surface area contributed by atoms with E-state index in [-0.39, 0.29) is 0 Å². The Labute approximate surface area is 154 Å². The Bertz CT molecular complexity index is 357. The van der Waals surface area contributed by atoms with Crippen LogP contribution in [-0.4, -0.2) is 113 Å². The van der Waals surface area contributed by atoms with Crippen molar-refractivity contribution in [3.05, 3.63) is 0 Å². The number of aliphatic imine (C=N–C) groups is 1. The molecule has 1 fully saturated rings. The molecule has 1 saturated heterocycles. The van der Waals surface area contributed by atoms with E-state index in [1.165, 1.54) is 13.1 Å². The highest BCUT2D eigenvalue weighted by Gasteiger charge is 2.20. The van der Waals surface area contributed by atoms with Gasteiger partial charge in [0, 0.05) is 79.2 Å². The topological polar surface area (TPSA) is 55.4 Å². The maximum atomic E-state index is 5.09. The first-order valence-electron chi connectivity index (χ1n) is 9.69. The number of piperazine rings is 1. The normalized spacial score (nSPS) is 18.6. The average Bonchev–Trinajstić information content (AvgIpc) is 2.64. The fourth-order valence-corrected chi connectivity index (χ4v) is 3.07. The van der Waals surface area contributed by atoms with Crippen molar-refractivity contribution >= 4 is 5.96 Å². The molecule has 7 heteroatoms. The third-order valence-corrected chi connectivity index (χ3v) is 4.94. The maximum absolute atomic E-state index is 5.09. The molecule has 7 nitrogen and oxygen atoms in total. The first kappa shape index (κ1) is 22.2. The molecule has 0 aromatic carbocycles. The summed E-state index contributed by atoms with van der Waals surface area (Å²) < 4.78 is 5.09. The summed E-state index contributed by atoms with van der Waals surface area (Å²) in [5, 5.41) is 6.87. The highest BCUT2D eigenvalue weighted by Crippen LogP contribution is 2.05. The summed E-state index contributed by atoms with van der Waals surface area (Å²) in [6.45, 7) is 15.1.